The summed E-state index contributed by atoms with van der Waals surface area (Å²) in [7, 11) is 0. The predicted molar refractivity (Wildman–Crippen MR) is 33.4 cm³/mol. The van der Waals surface area contributed by atoms with Crippen LogP contribution in [0.4, 0.5) is 0 Å². The average molecular weight is 106 g/mol. The van der Waals surface area contributed by atoms with E-state index in [1.807, 2.05) is 0 Å². The van der Waals surface area contributed by atoms with Crippen LogP contribution in [0.1, 0.15) is 0 Å². The van der Waals surface area contributed by atoms with Gasteiger partial charge in [0.15, 0.2) is 0 Å². The van der Waals surface area contributed by atoms with E-state index >= 15 is 0 Å². The summed E-state index contributed by atoms with van der Waals surface area (Å²) in [5.74, 6) is 0. The molecule has 0 bridgehead atoms. The third-order valence-corrected chi connectivity index (χ3v) is 0.466. The van der Waals surface area contributed by atoms with Crippen molar-refractivity contribution in [1.29, 1.82) is 5.26 Å². The van der Waals surface area contributed by atoms with Crippen molar-refractivity contribution >= 4 is 6.21 Å². The first-order valence-electron chi connectivity index (χ1n) is 2.11. The number of hydrogen-bond acceptors (Lipinski definition) is 2. The summed E-state index contributed by atoms with van der Waals surface area (Å²) in [5.41, 5.74) is 0. The molecule has 0 aliphatic heterocycles. The van der Waals surface area contributed by atoms with Gasteiger partial charge in [0.2, 0.25) is 6.19 Å². The molecule has 0 saturated heterocycles. The largest absolute Gasteiger partial charge is 0.205 e. The van der Waals surface area contributed by atoms with Crippen LogP contribution in [0.3, 0.4) is 0 Å². The Balaban J connectivity index is 3.46. The summed E-state index contributed by atoms with van der Waals surface area (Å²) in [6.07, 6.45) is 7.96. The topological polar surface area (TPSA) is 36.1 Å². The van der Waals surface area contributed by atoms with E-state index in [0.29, 0.717) is 0 Å². The van der Waals surface area contributed by atoms with Crippen molar-refractivity contribution in [3.63, 3.8) is 0 Å². The van der Waals surface area contributed by atoms with Crippen molar-refractivity contribution in [2.24, 2.45) is 4.99 Å². The van der Waals surface area contributed by atoms with Gasteiger partial charge in [-0.1, -0.05) is 18.7 Å². The zero-order chi connectivity index (χ0) is 6.24. The maximum atomic E-state index is 7.86. The molecule has 0 atom stereocenters. The zero-order valence-corrected chi connectivity index (χ0v) is 4.41. The Bertz CT molecular complexity index is 148. The first-order chi connectivity index (χ1) is 3.91. The van der Waals surface area contributed by atoms with E-state index in [2.05, 4.69) is 11.6 Å². The molecular formula is C6H6N2. The maximum absolute atomic E-state index is 7.86. The van der Waals surface area contributed by atoms with Crippen molar-refractivity contribution in [3.05, 3.63) is 24.8 Å². The smallest absolute Gasteiger partial charge is 0.182 e. The molecule has 40 valence electrons. The van der Waals surface area contributed by atoms with Crippen LogP contribution in [0.5, 0.6) is 0 Å². The molecule has 8 heavy (non-hydrogen) atoms. The third kappa shape index (κ3) is 4.64. The van der Waals surface area contributed by atoms with E-state index in [1.165, 1.54) is 6.21 Å². The maximum Gasteiger partial charge on any atom is 0.205 e. The molecule has 0 aliphatic rings. The third-order valence-electron chi connectivity index (χ3n) is 0.466. The van der Waals surface area contributed by atoms with Gasteiger partial charge in [-0.3, -0.25) is 0 Å². The Hall–Kier alpha value is -1.36. The number of allylic oxidation sites excluding steroid dienone is 3. The van der Waals surface area contributed by atoms with Crippen LogP contribution in [-0.4, -0.2) is 6.21 Å². The Labute approximate surface area is 48.5 Å². The van der Waals surface area contributed by atoms with Crippen LogP contribution in [0, 0.1) is 11.5 Å². The quantitative estimate of drug-likeness (QED) is 0.297. The van der Waals surface area contributed by atoms with E-state index in [0.717, 1.165) is 0 Å². The molecule has 0 radical (unpaired) electrons. The minimum Gasteiger partial charge on any atom is -0.182 e. The standard InChI is InChI=1S/C6H6N2/c1-2-3-4-5-8-6-7/h2-5H,1H2/b4-3-,8-5-. The lowest BCUT2D eigenvalue weighted by Gasteiger charge is -1.63. The van der Waals surface area contributed by atoms with Crippen LogP contribution in [0.15, 0.2) is 29.8 Å². The second-order valence-electron chi connectivity index (χ2n) is 0.999. The van der Waals surface area contributed by atoms with Crippen LogP contribution in [0.25, 0.3) is 0 Å². The summed E-state index contributed by atoms with van der Waals surface area (Å²) in [4.78, 5) is 3.26. The number of hydrogen-bond donors (Lipinski definition) is 0. The highest BCUT2D eigenvalue weighted by Crippen LogP contribution is 1.67. The van der Waals surface area contributed by atoms with Crippen LogP contribution in [-0.2, 0) is 0 Å². The van der Waals surface area contributed by atoms with Gasteiger partial charge < -0.3 is 0 Å². The van der Waals surface area contributed by atoms with E-state index in [1.54, 1.807) is 24.4 Å². The molecule has 2 nitrogen and oxygen atoms in total. The van der Waals surface area contributed by atoms with Gasteiger partial charge in [0.05, 0.1) is 0 Å². The fourth-order valence-corrected chi connectivity index (χ4v) is 0.205. The molecule has 0 aromatic heterocycles. The second-order valence-corrected chi connectivity index (χ2v) is 0.999. The zero-order valence-electron chi connectivity index (χ0n) is 4.41. The van der Waals surface area contributed by atoms with Crippen molar-refractivity contribution in [1.82, 2.24) is 0 Å². The lowest BCUT2D eigenvalue weighted by Crippen LogP contribution is -1.57. The van der Waals surface area contributed by atoms with Crippen LogP contribution < -0.4 is 0 Å². The molecule has 0 spiro atoms. The molecule has 0 aliphatic carbocycles. The monoisotopic (exact) mass is 106 g/mol. The van der Waals surface area contributed by atoms with Crippen molar-refractivity contribution in [3.8, 4) is 6.19 Å². The molecule has 2 heteroatoms. The summed E-state index contributed by atoms with van der Waals surface area (Å²) in [6.45, 7) is 3.43. The Morgan fingerprint density at radius 1 is 1.50 bits per heavy atom. The minimum absolute atomic E-state index is 1.40. The molecule has 0 aromatic rings. The summed E-state index contributed by atoms with van der Waals surface area (Å²) in [5, 5.41) is 7.86. The molecule has 0 unspecified atom stereocenters. The highest BCUT2D eigenvalue weighted by Gasteiger charge is 1.57. The van der Waals surface area contributed by atoms with Crippen molar-refractivity contribution in [2.75, 3.05) is 0 Å². The van der Waals surface area contributed by atoms with Crippen molar-refractivity contribution < 1.29 is 0 Å². The molecule has 0 amide bonds. The van der Waals surface area contributed by atoms with Gasteiger partial charge >= 0.3 is 0 Å². The highest BCUT2D eigenvalue weighted by molar-refractivity contribution is 5.72. The molecular weight excluding hydrogens is 100 g/mol. The highest BCUT2D eigenvalue weighted by atomic mass is 14.7. The van der Waals surface area contributed by atoms with Gasteiger partial charge in [-0.25, -0.2) is 0 Å². The Morgan fingerprint density at radius 3 is 2.75 bits per heavy atom. The van der Waals surface area contributed by atoms with E-state index < -0.39 is 0 Å². The number of nitriles is 1. The van der Waals surface area contributed by atoms with E-state index in [9.17, 15) is 0 Å². The fraction of sp³-hybridized carbons (Fsp3) is 0. The van der Waals surface area contributed by atoms with Gasteiger partial charge in [0.25, 0.3) is 0 Å². The van der Waals surface area contributed by atoms with Gasteiger partial charge in [0, 0.05) is 6.21 Å². The Kier molecular flexibility index (Phi) is 4.68. The second kappa shape index (κ2) is 5.64. The van der Waals surface area contributed by atoms with Crippen LogP contribution >= 0.6 is 0 Å². The fourth-order valence-electron chi connectivity index (χ4n) is 0.205. The van der Waals surface area contributed by atoms with Crippen LogP contribution in [0.2, 0.25) is 0 Å². The van der Waals surface area contributed by atoms with E-state index in [4.69, 9.17) is 5.26 Å². The van der Waals surface area contributed by atoms with Gasteiger partial charge in [-0.2, -0.15) is 10.3 Å². The summed E-state index contributed by atoms with van der Waals surface area (Å²) >= 11 is 0. The molecule has 0 heterocycles. The average Bonchev–Trinajstić information content (AvgIpc) is 1.81. The predicted octanol–water partition coefficient (Wildman–Crippen LogP) is 1.28. The normalized spacial score (nSPS) is 9.88. The first kappa shape index (κ1) is 6.64. The van der Waals surface area contributed by atoms with Crippen molar-refractivity contribution in [2.45, 2.75) is 0 Å². The SMILES string of the molecule is C=C/C=C\C=N/C#N. The molecule has 0 N–H and O–H groups in total. The molecule has 0 rings (SSSR count). The minimum atomic E-state index is 1.40. The first-order valence-corrected chi connectivity index (χ1v) is 2.11. The van der Waals surface area contributed by atoms with E-state index in [-0.39, 0.29) is 0 Å². The number of aliphatic imine (C=N–C) groups is 1. The lowest BCUT2D eigenvalue weighted by molar-refractivity contribution is 1.45. The molecule has 0 aromatic carbocycles. The summed E-state index contributed by atoms with van der Waals surface area (Å²) < 4.78 is 0. The molecule has 0 fully saturated rings. The summed E-state index contributed by atoms with van der Waals surface area (Å²) in [6, 6.07) is 0. The Morgan fingerprint density at radius 2 is 2.25 bits per heavy atom. The lowest BCUT2D eigenvalue weighted by atomic mass is 10.5. The number of rotatable bonds is 2. The number of nitrogens with zero attached hydrogens (tertiary/aromatic N) is 2. The molecule has 0 saturated carbocycles. The van der Waals surface area contributed by atoms with Gasteiger partial charge in [-0.15, -0.1) is 0 Å². The van der Waals surface area contributed by atoms with Gasteiger partial charge in [0.1, 0.15) is 0 Å². The van der Waals surface area contributed by atoms with Gasteiger partial charge in [-0.05, 0) is 6.08 Å².